The number of ether oxygens (including phenoxy) is 3. The van der Waals surface area contributed by atoms with E-state index in [1.807, 2.05) is 85.8 Å². The second-order valence-electron chi connectivity index (χ2n) is 7.78. The van der Waals surface area contributed by atoms with Gasteiger partial charge in [0.1, 0.15) is 24.7 Å². The highest BCUT2D eigenvalue weighted by atomic mass is 32.1. The van der Waals surface area contributed by atoms with Crippen molar-refractivity contribution in [3.63, 3.8) is 0 Å². The average Bonchev–Trinajstić information content (AvgIpc) is 3.36. The Morgan fingerprint density at radius 1 is 0.882 bits per heavy atom. The first kappa shape index (κ1) is 22.1. The van der Waals surface area contributed by atoms with Crippen LogP contribution in [0.2, 0.25) is 0 Å². The van der Waals surface area contributed by atoms with Crippen molar-refractivity contribution in [2.24, 2.45) is 0 Å². The standard InChI is InChI=1S/C27H24N2O4S/c1-19-6-2-5-9-24(19)33-17-15-31-14-16-32-21-12-10-20(11-13-21)18-25-26(30)29-23-8-4-3-7-22(23)28-27(29)34-25/h2-13,18H,14-17H2,1H3/b25-18-. The van der Waals surface area contributed by atoms with Crippen molar-refractivity contribution in [1.29, 1.82) is 0 Å². The molecule has 7 heteroatoms. The fourth-order valence-corrected chi connectivity index (χ4v) is 4.66. The number of aromatic nitrogens is 2. The van der Waals surface area contributed by atoms with Gasteiger partial charge in [0, 0.05) is 0 Å². The molecule has 0 fully saturated rings. The number of aryl methyl sites for hydroxylation is 1. The van der Waals surface area contributed by atoms with E-state index < -0.39 is 0 Å². The summed E-state index contributed by atoms with van der Waals surface area (Å²) in [7, 11) is 0. The second kappa shape index (κ2) is 10.1. The number of thiazole rings is 1. The zero-order valence-corrected chi connectivity index (χ0v) is 19.6. The highest BCUT2D eigenvalue weighted by Gasteiger charge is 2.10. The minimum atomic E-state index is -0.0439. The molecular weight excluding hydrogens is 448 g/mol. The van der Waals surface area contributed by atoms with Gasteiger partial charge in [-0.05, 0) is 54.5 Å². The number of hydrogen-bond donors (Lipinski definition) is 0. The molecule has 0 atom stereocenters. The zero-order valence-electron chi connectivity index (χ0n) is 18.8. The van der Waals surface area contributed by atoms with Crippen molar-refractivity contribution in [2.45, 2.75) is 6.92 Å². The van der Waals surface area contributed by atoms with Gasteiger partial charge in [0.25, 0.3) is 5.56 Å². The molecular formula is C27H24N2O4S. The summed E-state index contributed by atoms with van der Waals surface area (Å²) in [5, 5.41) is 0. The number of para-hydroxylation sites is 3. The summed E-state index contributed by atoms with van der Waals surface area (Å²) in [4.78, 5) is 18.1. The minimum absolute atomic E-state index is 0.0439. The SMILES string of the molecule is Cc1ccccc1OCCOCCOc1ccc(/C=c2\sc3nc4ccccc4n3c2=O)cc1. The molecule has 172 valence electrons. The van der Waals surface area contributed by atoms with Crippen molar-refractivity contribution in [3.8, 4) is 11.5 Å². The van der Waals surface area contributed by atoms with Gasteiger partial charge in [0.05, 0.1) is 28.8 Å². The number of imidazole rings is 1. The third-order valence-electron chi connectivity index (χ3n) is 5.40. The van der Waals surface area contributed by atoms with Crippen LogP contribution < -0.4 is 19.6 Å². The summed E-state index contributed by atoms with van der Waals surface area (Å²) in [6, 6.07) is 23.3. The summed E-state index contributed by atoms with van der Waals surface area (Å²) in [5.41, 5.74) is 3.67. The highest BCUT2D eigenvalue weighted by molar-refractivity contribution is 7.15. The fraction of sp³-hybridized carbons (Fsp3) is 0.185. The van der Waals surface area contributed by atoms with Crippen molar-refractivity contribution < 1.29 is 14.2 Å². The van der Waals surface area contributed by atoms with Gasteiger partial charge in [0.15, 0.2) is 4.96 Å². The quantitative estimate of drug-likeness (QED) is 0.300. The molecule has 0 saturated heterocycles. The number of nitrogens with zero attached hydrogens (tertiary/aromatic N) is 2. The molecule has 34 heavy (non-hydrogen) atoms. The van der Waals surface area contributed by atoms with Gasteiger partial charge in [-0.25, -0.2) is 9.38 Å². The predicted molar refractivity (Wildman–Crippen MR) is 135 cm³/mol. The molecule has 0 bridgehead atoms. The normalized spacial score (nSPS) is 12.0. The van der Waals surface area contributed by atoms with E-state index in [0.717, 1.165) is 33.7 Å². The lowest BCUT2D eigenvalue weighted by atomic mass is 10.2. The first-order chi connectivity index (χ1) is 16.7. The monoisotopic (exact) mass is 472 g/mol. The first-order valence-electron chi connectivity index (χ1n) is 11.1. The maximum atomic E-state index is 12.9. The fourth-order valence-electron chi connectivity index (χ4n) is 3.67. The van der Waals surface area contributed by atoms with Gasteiger partial charge < -0.3 is 14.2 Å². The molecule has 5 rings (SSSR count). The van der Waals surface area contributed by atoms with Crippen LogP contribution in [-0.2, 0) is 4.74 Å². The summed E-state index contributed by atoms with van der Waals surface area (Å²) in [5.74, 6) is 1.64. The Labute approximate surface area is 200 Å². The lowest BCUT2D eigenvalue weighted by molar-refractivity contribution is 0.0763. The third kappa shape index (κ3) is 4.81. The summed E-state index contributed by atoms with van der Waals surface area (Å²) in [6.07, 6.45) is 1.89. The van der Waals surface area contributed by atoms with E-state index in [9.17, 15) is 4.79 Å². The van der Waals surface area contributed by atoms with Crippen LogP contribution in [0.4, 0.5) is 0 Å². The topological polar surface area (TPSA) is 62.1 Å². The van der Waals surface area contributed by atoms with Crippen LogP contribution in [0.1, 0.15) is 11.1 Å². The molecule has 2 aromatic heterocycles. The average molecular weight is 473 g/mol. The number of hydrogen-bond acceptors (Lipinski definition) is 6. The minimum Gasteiger partial charge on any atom is -0.491 e. The van der Waals surface area contributed by atoms with Crippen molar-refractivity contribution in [3.05, 3.63) is 98.8 Å². The van der Waals surface area contributed by atoms with Crippen LogP contribution in [0.3, 0.4) is 0 Å². The molecule has 0 spiro atoms. The molecule has 3 aromatic carbocycles. The molecule has 0 aliphatic rings. The van der Waals surface area contributed by atoms with Crippen molar-refractivity contribution in [1.82, 2.24) is 9.38 Å². The smallest absolute Gasteiger partial charge is 0.274 e. The highest BCUT2D eigenvalue weighted by Crippen LogP contribution is 2.17. The van der Waals surface area contributed by atoms with Gasteiger partial charge in [0.2, 0.25) is 0 Å². The van der Waals surface area contributed by atoms with Crippen LogP contribution in [0.25, 0.3) is 22.1 Å². The van der Waals surface area contributed by atoms with Crippen LogP contribution in [0.15, 0.2) is 77.6 Å². The van der Waals surface area contributed by atoms with Crippen molar-refractivity contribution >= 4 is 33.4 Å². The predicted octanol–water partition coefficient (Wildman–Crippen LogP) is 4.24. The second-order valence-corrected chi connectivity index (χ2v) is 8.79. The van der Waals surface area contributed by atoms with Gasteiger partial charge >= 0.3 is 0 Å². The molecule has 0 radical (unpaired) electrons. The van der Waals surface area contributed by atoms with Gasteiger partial charge in [-0.3, -0.25) is 4.79 Å². The van der Waals surface area contributed by atoms with Crippen molar-refractivity contribution in [2.75, 3.05) is 26.4 Å². The molecule has 0 aliphatic carbocycles. The molecule has 0 amide bonds. The van der Waals surface area contributed by atoms with E-state index in [4.69, 9.17) is 14.2 Å². The zero-order chi connectivity index (χ0) is 23.3. The van der Waals surface area contributed by atoms with Crippen LogP contribution in [-0.4, -0.2) is 35.8 Å². The lowest BCUT2D eigenvalue weighted by Crippen LogP contribution is -2.22. The molecule has 0 unspecified atom stereocenters. The Kier molecular flexibility index (Phi) is 6.56. The molecule has 2 heterocycles. The summed E-state index contributed by atoms with van der Waals surface area (Å²) >= 11 is 1.40. The summed E-state index contributed by atoms with van der Waals surface area (Å²) < 4.78 is 19.4. The van der Waals surface area contributed by atoms with E-state index in [2.05, 4.69) is 4.98 Å². The van der Waals surface area contributed by atoms with Crippen LogP contribution in [0.5, 0.6) is 11.5 Å². The van der Waals surface area contributed by atoms with Crippen LogP contribution in [0, 0.1) is 6.92 Å². The molecule has 5 aromatic rings. The summed E-state index contributed by atoms with van der Waals surface area (Å²) in [6.45, 7) is 3.96. The van der Waals surface area contributed by atoms with E-state index >= 15 is 0 Å². The van der Waals surface area contributed by atoms with E-state index in [0.29, 0.717) is 35.9 Å². The number of fused-ring (bicyclic) bond motifs is 3. The molecule has 0 aliphatic heterocycles. The lowest BCUT2D eigenvalue weighted by Gasteiger charge is -2.10. The Balaban J connectivity index is 1.13. The third-order valence-corrected chi connectivity index (χ3v) is 6.37. The number of benzene rings is 3. The Hall–Kier alpha value is -3.68. The molecule has 0 N–H and O–H groups in total. The van der Waals surface area contributed by atoms with Crippen LogP contribution >= 0.6 is 11.3 Å². The van der Waals surface area contributed by atoms with E-state index in [1.165, 1.54) is 11.3 Å². The Morgan fingerprint density at radius 2 is 1.62 bits per heavy atom. The molecule has 6 nitrogen and oxygen atoms in total. The van der Waals surface area contributed by atoms with Gasteiger partial charge in [-0.2, -0.15) is 0 Å². The molecule has 0 saturated carbocycles. The van der Waals surface area contributed by atoms with E-state index in [1.54, 1.807) is 4.40 Å². The maximum Gasteiger partial charge on any atom is 0.274 e. The Morgan fingerprint density at radius 3 is 2.44 bits per heavy atom. The first-order valence-corrected chi connectivity index (χ1v) is 11.9. The van der Waals surface area contributed by atoms with E-state index in [-0.39, 0.29) is 5.56 Å². The largest absolute Gasteiger partial charge is 0.491 e. The van der Waals surface area contributed by atoms with Gasteiger partial charge in [-0.1, -0.05) is 53.8 Å². The number of rotatable bonds is 9. The maximum absolute atomic E-state index is 12.9. The van der Waals surface area contributed by atoms with Gasteiger partial charge in [-0.15, -0.1) is 0 Å². The Bertz CT molecular complexity index is 1520.